The van der Waals surface area contributed by atoms with Gasteiger partial charge in [0.2, 0.25) is 0 Å². The number of likely N-dealkylation sites (N-methyl/N-ethyl adjacent to an activating group) is 1. The fraction of sp³-hybridized carbons (Fsp3) is 0.780. The van der Waals surface area contributed by atoms with Crippen LogP contribution in [0.15, 0.2) is 97.2 Å². The summed E-state index contributed by atoms with van der Waals surface area (Å²) in [5.74, 6) is -0.819. The Kier molecular flexibility index (Phi) is 69.8. The summed E-state index contributed by atoms with van der Waals surface area (Å²) in [4.78, 5) is 38.2. The highest BCUT2D eigenvalue weighted by Crippen LogP contribution is 2.38. The molecule has 10 heteroatoms. The lowest BCUT2D eigenvalue weighted by Gasteiger charge is -2.28. The molecule has 0 aromatic heterocycles. The zero-order chi connectivity index (χ0) is 66.9. The molecular weight excluding hydrogens is 1160 g/mol. The second-order valence-electron chi connectivity index (χ2n) is 27.3. The number of phosphoric acid groups is 1. The van der Waals surface area contributed by atoms with E-state index < -0.39 is 26.5 Å². The summed E-state index contributed by atoms with van der Waals surface area (Å²) >= 11 is 0. The summed E-state index contributed by atoms with van der Waals surface area (Å²) in [6.07, 6.45) is 101. The fourth-order valence-electron chi connectivity index (χ4n) is 11.2. The molecule has 9 nitrogen and oxygen atoms in total. The van der Waals surface area contributed by atoms with Gasteiger partial charge >= 0.3 is 11.9 Å². The number of hydrogen-bond acceptors (Lipinski definition) is 8. The van der Waals surface area contributed by atoms with Gasteiger partial charge < -0.3 is 27.9 Å². The predicted octanol–water partition coefficient (Wildman–Crippen LogP) is 25.2. The number of esters is 2. The monoisotopic (exact) mass is 1310 g/mol. The molecule has 0 saturated carbocycles. The summed E-state index contributed by atoms with van der Waals surface area (Å²) in [6.45, 7) is 4.17. The first-order valence-electron chi connectivity index (χ1n) is 38.9. The summed E-state index contributed by atoms with van der Waals surface area (Å²) in [5.41, 5.74) is 0. The van der Waals surface area contributed by atoms with Crippen molar-refractivity contribution in [2.24, 2.45) is 0 Å². The Hall–Kier alpha value is -3.07. The Labute approximate surface area is 570 Å². The van der Waals surface area contributed by atoms with Crippen LogP contribution in [-0.2, 0) is 32.7 Å². The number of quaternary nitrogens is 1. The van der Waals surface area contributed by atoms with E-state index in [9.17, 15) is 19.0 Å². The maximum absolute atomic E-state index is 12.9. The molecule has 2 unspecified atom stereocenters. The van der Waals surface area contributed by atoms with E-state index in [-0.39, 0.29) is 32.0 Å². The van der Waals surface area contributed by atoms with Crippen LogP contribution >= 0.6 is 7.82 Å². The quantitative estimate of drug-likeness (QED) is 0.0195. The topological polar surface area (TPSA) is 111 Å². The molecule has 0 bridgehead atoms. The van der Waals surface area contributed by atoms with E-state index in [1.54, 1.807) is 0 Å². The number of carbonyl (C=O) groups excluding carboxylic acids is 2. The standard InChI is InChI=1S/C82H148NO8P/c1-6-8-10-12-14-16-18-20-22-24-26-28-30-32-34-36-38-39-40-41-42-43-45-47-49-51-53-55-57-59-61-63-65-67-69-71-73-75-82(85)91-80(79-90-92(86,87)89-77-76-83(3,4)5)78-88-81(84)74-72-70-68-66-64-62-60-58-56-54-52-50-48-46-44-37-35-33-31-29-27-25-23-21-19-17-15-13-11-9-7-2/h8,10,14,16,20,22,25-28,32,34,38-39,41-42,80H,6-7,9,11-13,15,17-19,21,23-24,29-31,33,35-37,40,43-79H2,1-5H3/b10-8-,16-14-,22-20-,27-25-,28-26-,34-32-,39-38-,42-41-. The molecule has 0 aliphatic heterocycles. The number of rotatable bonds is 72. The Morgan fingerprint density at radius 3 is 0.935 bits per heavy atom. The van der Waals surface area contributed by atoms with Crippen molar-refractivity contribution in [3.05, 3.63) is 97.2 Å². The van der Waals surface area contributed by atoms with Crippen LogP contribution in [0.5, 0.6) is 0 Å². The van der Waals surface area contributed by atoms with E-state index in [0.717, 1.165) is 83.5 Å². The van der Waals surface area contributed by atoms with Gasteiger partial charge in [-0.15, -0.1) is 0 Å². The van der Waals surface area contributed by atoms with Gasteiger partial charge in [-0.25, -0.2) is 0 Å². The number of allylic oxidation sites excluding steroid dienone is 16. The van der Waals surface area contributed by atoms with E-state index >= 15 is 0 Å². The van der Waals surface area contributed by atoms with Gasteiger partial charge in [-0.05, 0) is 96.3 Å². The number of phosphoric ester groups is 1. The molecule has 2 atom stereocenters. The molecule has 0 saturated heterocycles. The maximum atomic E-state index is 12.9. The van der Waals surface area contributed by atoms with Crippen LogP contribution in [0.4, 0.5) is 0 Å². The first-order valence-corrected chi connectivity index (χ1v) is 40.4. The highest BCUT2D eigenvalue weighted by atomic mass is 31.2. The van der Waals surface area contributed by atoms with Crippen LogP contribution < -0.4 is 4.89 Å². The van der Waals surface area contributed by atoms with Crippen LogP contribution in [0, 0.1) is 0 Å². The van der Waals surface area contributed by atoms with Crippen molar-refractivity contribution in [3.8, 4) is 0 Å². The molecule has 0 aromatic rings. The zero-order valence-electron chi connectivity index (χ0n) is 61.0. The number of nitrogens with zero attached hydrogens (tertiary/aromatic N) is 1. The minimum atomic E-state index is -4.65. The molecule has 92 heavy (non-hydrogen) atoms. The predicted molar refractivity (Wildman–Crippen MR) is 397 cm³/mol. The van der Waals surface area contributed by atoms with Crippen LogP contribution in [-0.4, -0.2) is 70.0 Å². The van der Waals surface area contributed by atoms with Gasteiger partial charge in [-0.3, -0.25) is 14.2 Å². The van der Waals surface area contributed by atoms with Gasteiger partial charge in [-0.2, -0.15) is 0 Å². The van der Waals surface area contributed by atoms with Gasteiger partial charge in [-0.1, -0.05) is 349 Å². The van der Waals surface area contributed by atoms with Crippen molar-refractivity contribution in [2.45, 2.75) is 367 Å². The summed E-state index contributed by atoms with van der Waals surface area (Å²) in [6, 6.07) is 0. The molecule has 0 aromatic carbocycles. The Bertz CT molecular complexity index is 1880. The Morgan fingerprint density at radius 2 is 0.620 bits per heavy atom. The van der Waals surface area contributed by atoms with Crippen LogP contribution in [0.2, 0.25) is 0 Å². The van der Waals surface area contributed by atoms with Crippen molar-refractivity contribution in [2.75, 3.05) is 47.5 Å². The third kappa shape index (κ3) is 76.0. The van der Waals surface area contributed by atoms with Crippen LogP contribution in [0.3, 0.4) is 0 Å². The molecule has 0 radical (unpaired) electrons. The normalized spacial score (nSPS) is 13.6. The molecule has 0 N–H and O–H groups in total. The van der Waals surface area contributed by atoms with Gasteiger partial charge in [0.15, 0.2) is 6.10 Å². The highest BCUT2D eigenvalue weighted by molar-refractivity contribution is 7.45. The molecule has 0 aliphatic carbocycles. The van der Waals surface area contributed by atoms with Gasteiger partial charge in [0.1, 0.15) is 19.8 Å². The zero-order valence-corrected chi connectivity index (χ0v) is 61.9. The van der Waals surface area contributed by atoms with E-state index in [1.165, 1.54) is 244 Å². The van der Waals surface area contributed by atoms with Gasteiger partial charge in [0.05, 0.1) is 27.7 Å². The van der Waals surface area contributed by atoms with Crippen molar-refractivity contribution in [3.63, 3.8) is 0 Å². The minimum Gasteiger partial charge on any atom is -0.756 e. The third-order valence-corrected chi connectivity index (χ3v) is 18.1. The van der Waals surface area contributed by atoms with E-state index in [2.05, 4.69) is 111 Å². The first-order chi connectivity index (χ1) is 45.0. The number of unbranched alkanes of at least 4 members (excludes halogenated alkanes) is 42. The summed E-state index contributed by atoms with van der Waals surface area (Å²) in [5, 5.41) is 0. The maximum Gasteiger partial charge on any atom is 0.306 e. The lowest BCUT2D eigenvalue weighted by molar-refractivity contribution is -0.870. The largest absolute Gasteiger partial charge is 0.756 e. The average molecular weight is 1310 g/mol. The third-order valence-electron chi connectivity index (χ3n) is 17.1. The van der Waals surface area contributed by atoms with Crippen molar-refractivity contribution in [1.29, 1.82) is 0 Å². The van der Waals surface area contributed by atoms with Crippen LogP contribution in [0.25, 0.3) is 0 Å². The van der Waals surface area contributed by atoms with Crippen LogP contribution in [0.1, 0.15) is 361 Å². The molecule has 0 aliphatic rings. The summed E-state index contributed by atoms with van der Waals surface area (Å²) < 4.78 is 34.4. The molecule has 0 fully saturated rings. The van der Waals surface area contributed by atoms with E-state index in [4.69, 9.17) is 18.5 Å². The molecule has 0 heterocycles. The smallest absolute Gasteiger partial charge is 0.306 e. The fourth-order valence-corrected chi connectivity index (χ4v) is 11.9. The Morgan fingerprint density at radius 1 is 0.348 bits per heavy atom. The van der Waals surface area contributed by atoms with Gasteiger partial charge in [0.25, 0.3) is 7.82 Å². The lowest BCUT2D eigenvalue weighted by Crippen LogP contribution is -2.37. The Balaban J connectivity index is 3.98. The van der Waals surface area contributed by atoms with Crippen molar-refractivity contribution < 1.29 is 42.1 Å². The lowest BCUT2D eigenvalue weighted by atomic mass is 10.0. The first kappa shape index (κ1) is 88.9. The molecule has 0 rings (SSSR count). The van der Waals surface area contributed by atoms with E-state index in [1.807, 2.05) is 21.1 Å². The second-order valence-corrected chi connectivity index (χ2v) is 28.8. The van der Waals surface area contributed by atoms with E-state index in [0.29, 0.717) is 17.4 Å². The average Bonchev–Trinajstić information content (AvgIpc) is 2.34. The van der Waals surface area contributed by atoms with Crippen molar-refractivity contribution in [1.82, 2.24) is 0 Å². The minimum absolute atomic E-state index is 0.0317. The highest BCUT2D eigenvalue weighted by Gasteiger charge is 2.22. The SMILES string of the molecule is CC/C=C\C/C=C\C/C=C\C/C=C\C/C=C\C/C=C\C/C=C\CCCCCCCCCCCCCCCCCC(=O)OC(COC(=O)CCCCCCCCCCCCCCCCCCCCC/C=C\CCCCCCCCCC)COP(=O)([O-])OCC[N+](C)(C)C. The molecular formula is C82H148NO8P. The summed E-state index contributed by atoms with van der Waals surface area (Å²) in [7, 11) is 1.18. The van der Waals surface area contributed by atoms with Crippen molar-refractivity contribution >= 4 is 19.8 Å². The molecule has 0 amide bonds. The number of carbonyl (C=O) groups is 2. The molecule has 0 spiro atoms. The van der Waals surface area contributed by atoms with Gasteiger partial charge in [0, 0.05) is 12.8 Å². The number of hydrogen-bond donors (Lipinski definition) is 0. The second kappa shape index (κ2) is 72.2. The molecule has 534 valence electrons. The number of ether oxygens (including phenoxy) is 2.